The van der Waals surface area contributed by atoms with Gasteiger partial charge in [-0.05, 0) is 42.3 Å². The molecular formula is C19H16FN3O4. The summed E-state index contributed by atoms with van der Waals surface area (Å²) >= 11 is 0. The van der Waals surface area contributed by atoms with Crippen LogP contribution in [-0.4, -0.2) is 16.6 Å². The summed E-state index contributed by atoms with van der Waals surface area (Å²) in [6.07, 6.45) is 0.402. The highest BCUT2D eigenvalue weighted by Crippen LogP contribution is 2.21. The van der Waals surface area contributed by atoms with Crippen molar-refractivity contribution in [2.24, 2.45) is 5.84 Å². The highest BCUT2D eigenvalue weighted by molar-refractivity contribution is 5.88. The first kappa shape index (κ1) is 18.3. The van der Waals surface area contributed by atoms with Crippen molar-refractivity contribution in [3.8, 4) is 11.1 Å². The van der Waals surface area contributed by atoms with E-state index in [1.807, 2.05) is 6.92 Å². The van der Waals surface area contributed by atoms with Gasteiger partial charge in [0.1, 0.15) is 12.4 Å². The number of hydrogen-bond donors (Lipinski definition) is 2. The van der Waals surface area contributed by atoms with Crippen molar-refractivity contribution in [1.29, 1.82) is 0 Å². The van der Waals surface area contributed by atoms with Crippen molar-refractivity contribution in [3.05, 3.63) is 70.3 Å². The molecule has 0 radical (unpaired) electrons. The molecule has 0 saturated carbocycles. The normalized spacial score (nSPS) is 10.6. The number of halogens is 1. The van der Waals surface area contributed by atoms with Gasteiger partial charge < -0.3 is 9.30 Å². The lowest BCUT2D eigenvalue weighted by Crippen LogP contribution is -2.33. The zero-order chi connectivity index (χ0) is 19.6. The number of benzene rings is 2. The molecule has 2 aromatic carbocycles. The second-order valence-electron chi connectivity index (χ2n) is 5.93. The molecule has 27 heavy (non-hydrogen) atoms. The van der Waals surface area contributed by atoms with E-state index in [4.69, 9.17) is 5.84 Å². The number of esters is 1. The van der Waals surface area contributed by atoms with Gasteiger partial charge in [-0.25, -0.2) is 19.8 Å². The summed E-state index contributed by atoms with van der Waals surface area (Å²) in [6.45, 7) is 1.53. The first-order valence-electron chi connectivity index (χ1n) is 8.00. The van der Waals surface area contributed by atoms with Crippen molar-refractivity contribution in [1.82, 2.24) is 9.99 Å². The lowest BCUT2D eigenvalue weighted by atomic mass is 10.0. The molecule has 138 valence electrons. The monoisotopic (exact) mass is 369 g/mol. The predicted molar refractivity (Wildman–Crippen MR) is 97.2 cm³/mol. The fourth-order valence-corrected chi connectivity index (χ4v) is 2.77. The standard InChI is InChI=1S/C19H16FN3O4/c1-11-2-7-14-16(8-11)23(10-17(24)27-19(26)22-21)9-15(18(14)25)12-3-5-13(20)6-4-12/h2-9H,10,21H2,1H3,(H,22,26). The van der Waals surface area contributed by atoms with Crippen LogP contribution in [0.4, 0.5) is 9.18 Å². The van der Waals surface area contributed by atoms with Crippen LogP contribution in [0.3, 0.4) is 0 Å². The summed E-state index contributed by atoms with van der Waals surface area (Å²) in [7, 11) is 0. The lowest BCUT2D eigenvalue weighted by molar-refractivity contribution is -0.137. The summed E-state index contributed by atoms with van der Waals surface area (Å²) in [5.41, 5.74) is 3.65. The van der Waals surface area contributed by atoms with Crippen LogP contribution in [0.2, 0.25) is 0 Å². The maximum absolute atomic E-state index is 13.2. The van der Waals surface area contributed by atoms with Crippen LogP contribution in [-0.2, 0) is 16.1 Å². The minimum atomic E-state index is -1.08. The van der Waals surface area contributed by atoms with Gasteiger partial charge in [0.15, 0.2) is 5.43 Å². The molecule has 0 bridgehead atoms. The maximum Gasteiger partial charge on any atom is 0.429 e. The first-order chi connectivity index (χ1) is 12.9. The number of nitrogens with one attached hydrogen (secondary N) is 1. The predicted octanol–water partition coefficient (Wildman–Crippen LogP) is 2.24. The quantitative estimate of drug-likeness (QED) is 0.242. The van der Waals surface area contributed by atoms with Gasteiger partial charge >= 0.3 is 12.1 Å². The largest absolute Gasteiger partial charge is 0.429 e. The molecule has 1 amide bonds. The van der Waals surface area contributed by atoms with E-state index in [2.05, 4.69) is 4.74 Å². The molecular weight excluding hydrogens is 353 g/mol. The third-order valence-electron chi connectivity index (χ3n) is 4.02. The molecule has 0 aliphatic carbocycles. The Morgan fingerprint density at radius 2 is 1.89 bits per heavy atom. The molecule has 8 heteroatoms. The number of ether oxygens (including phenoxy) is 1. The van der Waals surface area contributed by atoms with Crippen molar-refractivity contribution >= 4 is 23.0 Å². The van der Waals surface area contributed by atoms with Crippen LogP contribution < -0.4 is 16.7 Å². The molecule has 0 saturated heterocycles. The summed E-state index contributed by atoms with van der Waals surface area (Å²) < 4.78 is 19.2. The van der Waals surface area contributed by atoms with Gasteiger partial charge in [-0.15, -0.1) is 0 Å². The van der Waals surface area contributed by atoms with E-state index in [1.54, 1.807) is 23.6 Å². The van der Waals surface area contributed by atoms with Gasteiger partial charge in [-0.2, -0.15) is 0 Å². The number of rotatable bonds is 3. The zero-order valence-corrected chi connectivity index (χ0v) is 14.4. The van der Waals surface area contributed by atoms with E-state index >= 15 is 0 Å². The molecule has 0 aliphatic rings. The number of hydrogen-bond acceptors (Lipinski definition) is 5. The SMILES string of the molecule is Cc1ccc2c(=O)c(-c3ccc(F)cc3)cn(CC(=O)OC(=O)NN)c2c1. The zero-order valence-electron chi connectivity index (χ0n) is 14.4. The van der Waals surface area contributed by atoms with E-state index < -0.39 is 17.9 Å². The Hall–Kier alpha value is -3.52. The van der Waals surface area contributed by atoms with Crippen molar-refractivity contribution < 1.29 is 18.7 Å². The lowest BCUT2D eigenvalue weighted by Gasteiger charge is -2.13. The van der Waals surface area contributed by atoms with Gasteiger partial charge in [0.05, 0.1) is 5.52 Å². The maximum atomic E-state index is 13.2. The van der Waals surface area contributed by atoms with Gasteiger partial charge in [0.25, 0.3) is 0 Å². The number of hydrazine groups is 1. The van der Waals surface area contributed by atoms with Crippen LogP contribution in [0.25, 0.3) is 22.0 Å². The second-order valence-corrected chi connectivity index (χ2v) is 5.93. The molecule has 0 unspecified atom stereocenters. The Labute approximate surface area is 153 Å². The minimum absolute atomic E-state index is 0.249. The van der Waals surface area contributed by atoms with Gasteiger partial charge in [0.2, 0.25) is 0 Å². The molecule has 1 aromatic heterocycles. The third kappa shape index (κ3) is 3.85. The van der Waals surface area contributed by atoms with Crippen molar-refractivity contribution in [3.63, 3.8) is 0 Å². The molecule has 0 atom stereocenters. The number of amides is 1. The van der Waals surface area contributed by atoms with E-state index in [0.717, 1.165) is 5.56 Å². The number of carbonyl (C=O) groups is 2. The Morgan fingerprint density at radius 3 is 2.56 bits per heavy atom. The third-order valence-corrected chi connectivity index (χ3v) is 4.02. The molecule has 3 aromatic rings. The molecule has 3 N–H and O–H groups in total. The molecule has 0 spiro atoms. The Balaban J connectivity index is 2.15. The fraction of sp³-hybridized carbons (Fsp3) is 0.105. The molecule has 3 rings (SSSR count). The summed E-state index contributed by atoms with van der Waals surface area (Å²) in [5.74, 6) is 3.62. The number of pyridine rings is 1. The van der Waals surface area contributed by atoms with Crippen LogP contribution in [0.5, 0.6) is 0 Å². The smallest absolute Gasteiger partial charge is 0.374 e. The minimum Gasteiger partial charge on any atom is -0.374 e. The van der Waals surface area contributed by atoms with Gasteiger partial charge in [-0.1, -0.05) is 18.2 Å². The molecule has 1 heterocycles. The second kappa shape index (κ2) is 7.38. The summed E-state index contributed by atoms with van der Waals surface area (Å²) in [5, 5.41) is 0.388. The number of aromatic nitrogens is 1. The van der Waals surface area contributed by atoms with E-state index in [9.17, 15) is 18.8 Å². The number of carbonyl (C=O) groups excluding carboxylic acids is 2. The number of nitrogens with two attached hydrogens (primary N) is 1. The highest BCUT2D eigenvalue weighted by atomic mass is 19.1. The Kier molecular flexibility index (Phi) is 5.00. The van der Waals surface area contributed by atoms with E-state index in [1.165, 1.54) is 35.0 Å². The van der Waals surface area contributed by atoms with Crippen LogP contribution in [0, 0.1) is 12.7 Å². The van der Waals surface area contributed by atoms with Crippen molar-refractivity contribution in [2.45, 2.75) is 13.5 Å². The summed E-state index contributed by atoms with van der Waals surface area (Å²) in [4.78, 5) is 36.0. The number of fused-ring (bicyclic) bond motifs is 1. The molecule has 0 fully saturated rings. The first-order valence-corrected chi connectivity index (χ1v) is 8.00. The van der Waals surface area contributed by atoms with Crippen molar-refractivity contribution in [2.75, 3.05) is 0 Å². The Bertz CT molecular complexity index is 1090. The van der Waals surface area contributed by atoms with Gasteiger partial charge in [-0.3, -0.25) is 10.2 Å². The number of nitrogens with zero attached hydrogens (tertiary/aromatic N) is 1. The Morgan fingerprint density at radius 1 is 1.19 bits per heavy atom. The number of aryl methyl sites for hydroxylation is 1. The van der Waals surface area contributed by atoms with Crippen LogP contribution >= 0.6 is 0 Å². The van der Waals surface area contributed by atoms with Crippen LogP contribution in [0.1, 0.15) is 5.56 Å². The molecule has 0 aliphatic heterocycles. The highest BCUT2D eigenvalue weighted by Gasteiger charge is 2.15. The topological polar surface area (TPSA) is 103 Å². The summed E-state index contributed by atoms with van der Waals surface area (Å²) in [6, 6.07) is 10.7. The van der Waals surface area contributed by atoms with E-state index in [0.29, 0.717) is 22.0 Å². The van der Waals surface area contributed by atoms with Crippen LogP contribution in [0.15, 0.2) is 53.5 Å². The average molecular weight is 369 g/mol. The fourth-order valence-electron chi connectivity index (χ4n) is 2.77. The average Bonchev–Trinajstić information content (AvgIpc) is 2.64. The van der Waals surface area contributed by atoms with Gasteiger partial charge in [0, 0.05) is 17.1 Å². The molecule has 7 nitrogen and oxygen atoms in total. The van der Waals surface area contributed by atoms with E-state index in [-0.39, 0.29) is 12.0 Å².